The summed E-state index contributed by atoms with van der Waals surface area (Å²) in [4.78, 5) is 11.6. The van der Waals surface area contributed by atoms with E-state index in [1.807, 2.05) is 31.2 Å². The lowest BCUT2D eigenvalue weighted by Crippen LogP contribution is -2.53. The molecule has 0 aromatic heterocycles. The van der Waals surface area contributed by atoms with Crippen LogP contribution in [0.3, 0.4) is 0 Å². The Labute approximate surface area is 126 Å². The molecule has 1 aromatic carbocycles. The van der Waals surface area contributed by atoms with E-state index in [0.717, 1.165) is 30.9 Å². The lowest BCUT2D eigenvalue weighted by molar-refractivity contribution is -0.124. The third-order valence-electron chi connectivity index (χ3n) is 3.44. The molecule has 0 bridgehead atoms. The molecule has 1 atom stereocenters. The summed E-state index contributed by atoms with van der Waals surface area (Å²) in [6, 6.07) is 7.46. The fraction of sp³-hybridized carbons (Fsp3) is 0.562. The largest absolute Gasteiger partial charge is 0.497 e. The number of carbonyl (C=O) groups is 1. The van der Waals surface area contributed by atoms with Crippen LogP contribution in [0.4, 0.5) is 0 Å². The molecule has 1 unspecified atom stereocenters. The van der Waals surface area contributed by atoms with E-state index in [4.69, 9.17) is 15.2 Å². The quantitative estimate of drug-likeness (QED) is 0.648. The Bertz CT molecular complexity index is 451. The number of nitrogens with one attached hydrogen (secondary N) is 1. The fourth-order valence-electron chi connectivity index (χ4n) is 2.01. The number of benzene rings is 1. The van der Waals surface area contributed by atoms with Crippen LogP contribution >= 0.6 is 0 Å². The first-order valence-corrected chi connectivity index (χ1v) is 7.33. The Morgan fingerprint density at radius 3 is 2.71 bits per heavy atom. The summed E-state index contributed by atoms with van der Waals surface area (Å²) in [5.74, 6) is 1.20. The average Bonchev–Trinajstić information content (AvgIpc) is 2.49. The molecule has 0 aliphatic rings. The number of carbonyl (C=O) groups excluding carboxylic acids is 1. The van der Waals surface area contributed by atoms with E-state index in [1.165, 1.54) is 0 Å². The lowest BCUT2D eigenvalue weighted by atomic mass is 9.95. The maximum atomic E-state index is 11.6. The maximum absolute atomic E-state index is 11.6. The molecule has 1 amide bonds. The fourth-order valence-corrected chi connectivity index (χ4v) is 2.01. The molecule has 0 saturated carbocycles. The first-order chi connectivity index (χ1) is 10.0. The zero-order chi connectivity index (χ0) is 15.7. The molecule has 0 aliphatic heterocycles. The van der Waals surface area contributed by atoms with Gasteiger partial charge in [0, 0.05) is 6.07 Å². The molecule has 3 N–H and O–H groups in total. The van der Waals surface area contributed by atoms with Crippen molar-refractivity contribution in [1.29, 1.82) is 0 Å². The Morgan fingerprint density at radius 1 is 1.38 bits per heavy atom. The molecule has 0 heterocycles. The molecule has 1 aromatic rings. The molecule has 5 heteroatoms. The highest BCUT2D eigenvalue weighted by Gasteiger charge is 2.29. The second kappa shape index (κ2) is 8.52. The Balaban J connectivity index is 2.42. The Morgan fingerprint density at radius 2 is 2.10 bits per heavy atom. The van der Waals surface area contributed by atoms with Gasteiger partial charge in [0.25, 0.3) is 0 Å². The highest BCUT2D eigenvalue weighted by molar-refractivity contribution is 5.84. The van der Waals surface area contributed by atoms with Crippen molar-refractivity contribution in [1.82, 2.24) is 5.32 Å². The molecule has 21 heavy (non-hydrogen) atoms. The standard InChI is InChI=1S/C16H26N2O3/c1-4-10-18-16(2,15(17)19)9-6-11-21-14-8-5-7-13(12-14)20-3/h5,7-8,12,18H,4,6,9-11H2,1-3H3,(H2,17,19). The molecule has 0 aliphatic carbocycles. The van der Waals surface area contributed by atoms with Gasteiger partial charge < -0.3 is 20.5 Å². The normalized spacial score (nSPS) is 13.5. The van der Waals surface area contributed by atoms with Gasteiger partial charge in [-0.1, -0.05) is 13.0 Å². The zero-order valence-corrected chi connectivity index (χ0v) is 13.1. The van der Waals surface area contributed by atoms with Crippen LogP contribution in [0, 0.1) is 0 Å². The van der Waals surface area contributed by atoms with Crippen LogP contribution < -0.4 is 20.5 Å². The molecule has 5 nitrogen and oxygen atoms in total. The number of amides is 1. The molecule has 0 spiro atoms. The third kappa shape index (κ3) is 5.63. The van der Waals surface area contributed by atoms with E-state index < -0.39 is 5.54 Å². The average molecular weight is 294 g/mol. The van der Waals surface area contributed by atoms with Crippen molar-refractivity contribution >= 4 is 5.91 Å². The van der Waals surface area contributed by atoms with Gasteiger partial charge in [0.1, 0.15) is 11.5 Å². The molecular weight excluding hydrogens is 268 g/mol. The lowest BCUT2D eigenvalue weighted by Gasteiger charge is -2.27. The van der Waals surface area contributed by atoms with E-state index in [9.17, 15) is 4.79 Å². The number of primary amides is 1. The van der Waals surface area contributed by atoms with E-state index in [-0.39, 0.29) is 5.91 Å². The van der Waals surface area contributed by atoms with Gasteiger partial charge >= 0.3 is 0 Å². The van der Waals surface area contributed by atoms with Gasteiger partial charge in [0.2, 0.25) is 5.91 Å². The first kappa shape index (κ1) is 17.3. The maximum Gasteiger partial charge on any atom is 0.237 e. The number of rotatable bonds is 10. The molecule has 1 rings (SSSR count). The van der Waals surface area contributed by atoms with Crippen LogP contribution in [0.5, 0.6) is 11.5 Å². The van der Waals surface area contributed by atoms with Gasteiger partial charge in [-0.15, -0.1) is 0 Å². The molecule has 0 fully saturated rings. The number of hydrogen-bond donors (Lipinski definition) is 2. The summed E-state index contributed by atoms with van der Waals surface area (Å²) >= 11 is 0. The summed E-state index contributed by atoms with van der Waals surface area (Å²) < 4.78 is 10.8. The SMILES string of the molecule is CCCNC(C)(CCCOc1cccc(OC)c1)C(N)=O. The monoisotopic (exact) mass is 294 g/mol. The molecular formula is C16H26N2O3. The highest BCUT2D eigenvalue weighted by Crippen LogP contribution is 2.19. The summed E-state index contributed by atoms with van der Waals surface area (Å²) in [6.07, 6.45) is 2.35. The van der Waals surface area contributed by atoms with Gasteiger partial charge in [0.05, 0.1) is 19.3 Å². The highest BCUT2D eigenvalue weighted by atomic mass is 16.5. The van der Waals surface area contributed by atoms with Crippen LogP contribution in [0.1, 0.15) is 33.1 Å². The van der Waals surface area contributed by atoms with Gasteiger partial charge in [0.15, 0.2) is 0 Å². The van der Waals surface area contributed by atoms with E-state index in [2.05, 4.69) is 12.2 Å². The number of methoxy groups -OCH3 is 1. The van der Waals surface area contributed by atoms with Crippen molar-refractivity contribution in [3.8, 4) is 11.5 Å². The molecule has 0 radical (unpaired) electrons. The van der Waals surface area contributed by atoms with Crippen LogP contribution in [0.2, 0.25) is 0 Å². The van der Waals surface area contributed by atoms with Gasteiger partial charge in [-0.3, -0.25) is 4.79 Å². The van der Waals surface area contributed by atoms with Crippen LogP contribution in [0.25, 0.3) is 0 Å². The number of nitrogens with two attached hydrogens (primary N) is 1. The van der Waals surface area contributed by atoms with Crippen molar-refractivity contribution in [3.63, 3.8) is 0 Å². The second-order valence-electron chi connectivity index (χ2n) is 5.25. The van der Waals surface area contributed by atoms with Gasteiger partial charge in [-0.2, -0.15) is 0 Å². The minimum atomic E-state index is -0.673. The number of hydrogen-bond acceptors (Lipinski definition) is 4. The van der Waals surface area contributed by atoms with E-state index >= 15 is 0 Å². The minimum Gasteiger partial charge on any atom is -0.497 e. The minimum absolute atomic E-state index is 0.322. The topological polar surface area (TPSA) is 73.6 Å². The van der Waals surface area contributed by atoms with Gasteiger partial charge in [-0.05, 0) is 44.9 Å². The Kier molecular flexibility index (Phi) is 7.02. The van der Waals surface area contributed by atoms with Crippen LogP contribution in [0.15, 0.2) is 24.3 Å². The van der Waals surface area contributed by atoms with E-state index in [1.54, 1.807) is 7.11 Å². The summed E-state index contributed by atoms with van der Waals surface area (Å²) in [5, 5.41) is 3.21. The molecule has 0 saturated heterocycles. The van der Waals surface area contributed by atoms with Crippen molar-refractivity contribution in [2.24, 2.45) is 5.73 Å². The first-order valence-electron chi connectivity index (χ1n) is 7.33. The second-order valence-corrected chi connectivity index (χ2v) is 5.25. The number of ether oxygens (including phenoxy) is 2. The molecule has 118 valence electrons. The van der Waals surface area contributed by atoms with Crippen molar-refractivity contribution in [2.75, 3.05) is 20.3 Å². The Hall–Kier alpha value is -1.75. The van der Waals surface area contributed by atoms with Crippen LogP contribution in [-0.4, -0.2) is 31.7 Å². The summed E-state index contributed by atoms with van der Waals surface area (Å²) in [6.45, 7) is 5.21. The predicted octanol–water partition coefficient (Wildman–Crippen LogP) is 2.10. The summed E-state index contributed by atoms with van der Waals surface area (Å²) in [5.41, 5.74) is 4.81. The van der Waals surface area contributed by atoms with Crippen molar-refractivity contribution < 1.29 is 14.3 Å². The van der Waals surface area contributed by atoms with Crippen molar-refractivity contribution in [2.45, 2.75) is 38.6 Å². The predicted molar refractivity (Wildman–Crippen MR) is 83.6 cm³/mol. The third-order valence-corrected chi connectivity index (χ3v) is 3.44. The zero-order valence-electron chi connectivity index (χ0n) is 13.1. The van der Waals surface area contributed by atoms with Crippen LogP contribution in [-0.2, 0) is 4.79 Å². The summed E-state index contributed by atoms with van der Waals surface area (Å²) in [7, 11) is 1.62. The van der Waals surface area contributed by atoms with Crippen molar-refractivity contribution in [3.05, 3.63) is 24.3 Å². The van der Waals surface area contributed by atoms with E-state index in [0.29, 0.717) is 13.0 Å². The van der Waals surface area contributed by atoms with Gasteiger partial charge in [-0.25, -0.2) is 0 Å². The smallest absolute Gasteiger partial charge is 0.237 e.